The Balaban J connectivity index is 1.93. The number of nitrogens with one attached hydrogen (secondary N) is 1. The van der Waals surface area contributed by atoms with Crippen molar-refractivity contribution in [2.24, 2.45) is 0 Å². The second-order valence-electron chi connectivity index (χ2n) is 5.41. The smallest absolute Gasteiger partial charge is 0.284 e. The van der Waals surface area contributed by atoms with Gasteiger partial charge in [0, 0.05) is 30.3 Å². The number of pyridine rings is 1. The summed E-state index contributed by atoms with van der Waals surface area (Å²) in [5.41, 5.74) is 1.85. The molecule has 1 unspecified atom stereocenters. The largest absolute Gasteiger partial charge is 0.379 e. The van der Waals surface area contributed by atoms with E-state index in [2.05, 4.69) is 20.1 Å². The summed E-state index contributed by atoms with van der Waals surface area (Å²) < 4.78 is 7.38. The molecule has 4 heterocycles. The van der Waals surface area contributed by atoms with Crippen LogP contribution in [-0.2, 0) is 4.74 Å². The number of aromatic nitrogens is 5. The lowest BCUT2D eigenvalue weighted by Crippen LogP contribution is -2.17. The molecule has 0 saturated carbocycles. The van der Waals surface area contributed by atoms with E-state index in [1.165, 1.54) is 0 Å². The molecule has 1 fully saturated rings. The first kappa shape index (κ1) is 13.1. The minimum Gasteiger partial charge on any atom is -0.379 e. The topological polar surface area (TPSA) is 85.7 Å². The maximum Gasteiger partial charge on any atom is 0.284 e. The van der Waals surface area contributed by atoms with Gasteiger partial charge in [0.25, 0.3) is 5.56 Å². The van der Waals surface area contributed by atoms with Crippen molar-refractivity contribution < 1.29 is 4.74 Å². The molecule has 22 heavy (non-hydrogen) atoms. The Morgan fingerprint density at radius 3 is 2.86 bits per heavy atom. The highest BCUT2D eigenvalue weighted by molar-refractivity contribution is 5.64. The molecular weight excluding hydrogens is 282 g/mol. The predicted octanol–water partition coefficient (Wildman–Crippen LogP) is 1.40. The first-order valence-corrected chi connectivity index (χ1v) is 7.21. The molecule has 1 atom stereocenters. The number of aryl methyl sites for hydroxylation is 1. The molecule has 4 rings (SSSR count). The molecular formula is C15H15N5O2. The zero-order valence-corrected chi connectivity index (χ0v) is 12.1. The van der Waals surface area contributed by atoms with Gasteiger partial charge in [-0.15, -0.1) is 0 Å². The third kappa shape index (κ3) is 2.01. The minimum absolute atomic E-state index is 0.177. The summed E-state index contributed by atoms with van der Waals surface area (Å²) in [6.45, 7) is 3.22. The molecule has 7 nitrogen and oxygen atoms in total. The highest BCUT2D eigenvalue weighted by Crippen LogP contribution is 2.28. The van der Waals surface area contributed by atoms with Gasteiger partial charge in [0.1, 0.15) is 5.56 Å². The molecule has 3 aliphatic heterocycles. The van der Waals surface area contributed by atoms with Crippen LogP contribution in [0.15, 0.2) is 29.3 Å². The average Bonchev–Trinajstić information content (AvgIpc) is 3.16. The number of fused-ring (bicyclic) bond motifs is 1. The van der Waals surface area contributed by atoms with Crippen molar-refractivity contribution >= 4 is 0 Å². The second-order valence-corrected chi connectivity index (χ2v) is 5.41. The third-order valence-electron chi connectivity index (χ3n) is 3.96. The van der Waals surface area contributed by atoms with Crippen LogP contribution in [0.5, 0.6) is 0 Å². The van der Waals surface area contributed by atoms with Gasteiger partial charge < -0.3 is 9.84 Å². The Morgan fingerprint density at radius 2 is 2.14 bits per heavy atom. The lowest BCUT2D eigenvalue weighted by molar-refractivity contribution is 0.184. The van der Waals surface area contributed by atoms with E-state index in [0.717, 1.165) is 24.3 Å². The molecule has 7 heteroatoms. The predicted molar refractivity (Wildman–Crippen MR) is 79.7 cm³/mol. The maximum absolute atomic E-state index is 12.4. The van der Waals surface area contributed by atoms with Crippen LogP contribution < -0.4 is 5.56 Å². The summed E-state index contributed by atoms with van der Waals surface area (Å²) in [7, 11) is 0. The van der Waals surface area contributed by atoms with E-state index in [0.29, 0.717) is 23.8 Å². The summed E-state index contributed by atoms with van der Waals surface area (Å²) in [6.07, 6.45) is 4.23. The fourth-order valence-electron chi connectivity index (χ4n) is 2.84. The SMILES string of the molecule is Cc1[nH]n(C2CCOC2)c2nc(-c3ccncc3)nc(=O)c1-2. The van der Waals surface area contributed by atoms with Crippen LogP contribution in [0.25, 0.3) is 22.8 Å². The number of aromatic amines is 1. The zero-order valence-electron chi connectivity index (χ0n) is 12.1. The number of nitrogens with zero attached hydrogens (tertiary/aromatic N) is 4. The zero-order chi connectivity index (χ0) is 15.1. The molecule has 112 valence electrons. The number of ether oxygens (including phenoxy) is 1. The second kappa shape index (κ2) is 5.03. The van der Waals surface area contributed by atoms with Gasteiger partial charge in [-0.2, -0.15) is 4.98 Å². The van der Waals surface area contributed by atoms with Gasteiger partial charge in [0.2, 0.25) is 0 Å². The van der Waals surface area contributed by atoms with Crippen molar-refractivity contribution in [1.29, 1.82) is 0 Å². The van der Waals surface area contributed by atoms with Gasteiger partial charge in [0.05, 0.1) is 12.6 Å². The van der Waals surface area contributed by atoms with E-state index in [9.17, 15) is 4.79 Å². The molecule has 0 amide bonds. The summed E-state index contributed by atoms with van der Waals surface area (Å²) in [4.78, 5) is 25.1. The maximum atomic E-state index is 12.4. The van der Waals surface area contributed by atoms with Gasteiger partial charge in [0.15, 0.2) is 11.6 Å². The monoisotopic (exact) mass is 297 g/mol. The molecule has 1 aromatic heterocycles. The van der Waals surface area contributed by atoms with Crippen LogP contribution >= 0.6 is 0 Å². The van der Waals surface area contributed by atoms with E-state index < -0.39 is 0 Å². The Hall–Kier alpha value is -2.54. The van der Waals surface area contributed by atoms with Crippen molar-refractivity contribution in [1.82, 2.24) is 24.7 Å². The van der Waals surface area contributed by atoms with Gasteiger partial charge in [-0.25, -0.2) is 4.98 Å². The normalized spacial score (nSPS) is 18.1. The summed E-state index contributed by atoms with van der Waals surface area (Å²) in [6, 6.07) is 3.77. The molecule has 1 saturated heterocycles. The van der Waals surface area contributed by atoms with Crippen molar-refractivity contribution in [3.63, 3.8) is 0 Å². The van der Waals surface area contributed by atoms with Gasteiger partial charge in [-0.05, 0) is 25.5 Å². The van der Waals surface area contributed by atoms with Crippen LogP contribution in [0, 0.1) is 6.92 Å². The molecule has 0 bridgehead atoms. The molecule has 0 spiro atoms. The van der Waals surface area contributed by atoms with Crippen molar-refractivity contribution in [2.45, 2.75) is 19.4 Å². The van der Waals surface area contributed by atoms with Crippen molar-refractivity contribution in [2.75, 3.05) is 13.2 Å². The van der Waals surface area contributed by atoms with Crippen molar-refractivity contribution in [3.05, 3.63) is 40.6 Å². The highest BCUT2D eigenvalue weighted by atomic mass is 16.5. The standard InChI is InChI=1S/C15H15N5O2/c1-9-12-14(20(19-9)11-4-7-22-8-11)17-13(18-15(12)21)10-2-5-16-6-3-10/h2-3,5-6,11,19H,4,7-8H2,1H3. The van der Waals surface area contributed by atoms with Gasteiger partial charge in [-0.3, -0.25) is 14.5 Å². The molecule has 3 aliphatic rings. The molecule has 0 aliphatic carbocycles. The summed E-state index contributed by atoms with van der Waals surface area (Å²) >= 11 is 0. The van der Waals surface area contributed by atoms with E-state index >= 15 is 0 Å². The fraction of sp³-hybridized carbons (Fsp3) is 0.333. The summed E-state index contributed by atoms with van der Waals surface area (Å²) in [5.74, 6) is 1.06. The van der Waals surface area contributed by atoms with E-state index in [4.69, 9.17) is 4.74 Å². The lowest BCUT2D eigenvalue weighted by Gasteiger charge is -2.12. The number of hydrogen-bond donors (Lipinski definition) is 1. The van der Waals surface area contributed by atoms with Crippen molar-refractivity contribution in [3.8, 4) is 22.8 Å². The highest BCUT2D eigenvalue weighted by Gasteiger charge is 2.27. The van der Waals surface area contributed by atoms with Crippen LogP contribution in [0.2, 0.25) is 0 Å². The first-order valence-electron chi connectivity index (χ1n) is 7.21. The molecule has 0 aromatic carbocycles. The molecule has 1 N–H and O–H groups in total. The van der Waals surface area contributed by atoms with E-state index in [1.807, 2.05) is 11.6 Å². The average molecular weight is 297 g/mol. The number of H-pyrrole nitrogens is 1. The Kier molecular flexibility index (Phi) is 3.00. The summed E-state index contributed by atoms with van der Waals surface area (Å²) in [5, 5.41) is 3.24. The number of rotatable bonds is 2. The minimum atomic E-state index is -0.261. The van der Waals surface area contributed by atoms with E-state index in [-0.39, 0.29) is 11.6 Å². The van der Waals surface area contributed by atoms with Gasteiger partial charge >= 0.3 is 0 Å². The van der Waals surface area contributed by atoms with E-state index in [1.54, 1.807) is 24.5 Å². The van der Waals surface area contributed by atoms with Crippen LogP contribution in [0.3, 0.4) is 0 Å². The Bertz CT molecular complexity index is 833. The number of hydrogen-bond acceptors (Lipinski definition) is 5. The Morgan fingerprint density at radius 1 is 1.32 bits per heavy atom. The molecule has 0 radical (unpaired) electrons. The Labute approximate surface area is 126 Å². The fourth-order valence-corrected chi connectivity index (χ4v) is 2.84. The van der Waals surface area contributed by atoms with Crippen LogP contribution in [-0.4, -0.2) is 37.9 Å². The lowest BCUT2D eigenvalue weighted by atomic mass is 10.2. The van der Waals surface area contributed by atoms with Crippen LogP contribution in [0.1, 0.15) is 18.2 Å². The first-order chi connectivity index (χ1) is 10.7. The quantitative estimate of drug-likeness (QED) is 0.773. The van der Waals surface area contributed by atoms with Crippen LogP contribution in [0.4, 0.5) is 0 Å². The molecule has 1 aromatic rings. The van der Waals surface area contributed by atoms with Gasteiger partial charge in [-0.1, -0.05) is 0 Å². The third-order valence-corrected chi connectivity index (χ3v) is 3.96.